The second kappa shape index (κ2) is 5.17. The molecule has 25 heavy (non-hydrogen) atoms. The Morgan fingerprint density at radius 2 is 1.84 bits per heavy atom. The third-order valence-electron chi connectivity index (χ3n) is 4.43. The van der Waals surface area contributed by atoms with E-state index in [1.807, 2.05) is 11.5 Å². The number of rotatable bonds is 2. The minimum Gasteiger partial charge on any atom is -0.283 e. The van der Waals surface area contributed by atoms with Gasteiger partial charge in [-0.1, -0.05) is 0 Å². The van der Waals surface area contributed by atoms with E-state index in [1.54, 1.807) is 36.7 Å². The fourth-order valence-corrected chi connectivity index (χ4v) is 3.20. The molecule has 0 saturated heterocycles. The van der Waals surface area contributed by atoms with E-state index >= 15 is 0 Å². The number of nitrogens with zero attached hydrogens (tertiary/aromatic N) is 5. The molecule has 3 heterocycles. The molecule has 3 aromatic heterocycles. The van der Waals surface area contributed by atoms with Gasteiger partial charge >= 0.3 is 5.69 Å². The van der Waals surface area contributed by atoms with Crippen molar-refractivity contribution in [1.82, 2.24) is 23.1 Å². The third kappa shape index (κ3) is 2.00. The molecule has 4 aromatic rings. The van der Waals surface area contributed by atoms with E-state index in [4.69, 9.17) is 0 Å². The van der Waals surface area contributed by atoms with Crippen molar-refractivity contribution < 1.29 is 4.39 Å². The Balaban J connectivity index is 2.17. The lowest BCUT2D eigenvalue weighted by Crippen LogP contribution is -2.38. The van der Waals surface area contributed by atoms with Crippen molar-refractivity contribution in [3.63, 3.8) is 0 Å². The van der Waals surface area contributed by atoms with Crippen molar-refractivity contribution >= 4 is 16.9 Å². The predicted octanol–water partition coefficient (Wildman–Crippen LogP) is 1.61. The first-order valence-corrected chi connectivity index (χ1v) is 7.90. The quantitative estimate of drug-likeness (QED) is 0.556. The SMILES string of the molecule is CCn1c(=O)c2c(nc3n(-c4ccc(F)cc4)c(C)cn23)n(C)c1=O. The molecule has 0 amide bonds. The van der Waals surface area contributed by atoms with Gasteiger partial charge in [0.2, 0.25) is 5.78 Å². The van der Waals surface area contributed by atoms with Gasteiger partial charge in [0.15, 0.2) is 11.2 Å². The van der Waals surface area contributed by atoms with Gasteiger partial charge in [-0.05, 0) is 38.1 Å². The fraction of sp³-hybridized carbons (Fsp3) is 0.235. The molecule has 0 radical (unpaired) electrons. The van der Waals surface area contributed by atoms with Crippen molar-refractivity contribution in [3.05, 3.63) is 62.8 Å². The number of benzene rings is 1. The Hall–Kier alpha value is -3.16. The maximum absolute atomic E-state index is 13.2. The highest BCUT2D eigenvalue weighted by atomic mass is 19.1. The van der Waals surface area contributed by atoms with Gasteiger partial charge in [0, 0.05) is 31.2 Å². The molecule has 0 aliphatic rings. The van der Waals surface area contributed by atoms with Crippen LogP contribution in [0.5, 0.6) is 0 Å². The van der Waals surface area contributed by atoms with Gasteiger partial charge in [-0.15, -0.1) is 0 Å². The van der Waals surface area contributed by atoms with Crippen LogP contribution in [0, 0.1) is 12.7 Å². The first-order valence-electron chi connectivity index (χ1n) is 7.90. The molecule has 0 aliphatic carbocycles. The lowest BCUT2D eigenvalue weighted by molar-refractivity contribution is 0.627. The monoisotopic (exact) mass is 341 g/mol. The van der Waals surface area contributed by atoms with Crippen molar-refractivity contribution in [2.75, 3.05) is 0 Å². The minimum absolute atomic E-state index is 0.284. The fourth-order valence-electron chi connectivity index (χ4n) is 3.20. The molecule has 0 fully saturated rings. The molecular formula is C17H16FN5O2. The zero-order chi connectivity index (χ0) is 17.9. The molecule has 0 N–H and O–H groups in total. The van der Waals surface area contributed by atoms with Crippen LogP contribution in [-0.4, -0.2) is 23.1 Å². The maximum atomic E-state index is 13.2. The largest absolute Gasteiger partial charge is 0.332 e. The van der Waals surface area contributed by atoms with Crippen LogP contribution in [0.15, 0.2) is 40.1 Å². The molecule has 0 spiro atoms. The Morgan fingerprint density at radius 1 is 1.16 bits per heavy atom. The summed E-state index contributed by atoms with van der Waals surface area (Å²) in [7, 11) is 1.60. The van der Waals surface area contributed by atoms with Gasteiger partial charge in [0.1, 0.15) is 5.82 Å². The summed E-state index contributed by atoms with van der Waals surface area (Å²) in [4.78, 5) is 29.6. The highest BCUT2D eigenvalue weighted by Gasteiger charge is 2.20. The standard InChI is InChI=1S/C17H16FN5O2/c1-4-21-15(24)13-14(20(3)17(21)25)19-16-22(13)9-10(2)23(16)12-7-5-11(18)6-8-12/h5-9H,4H2,1-3H3. The van der Waals surface area contributed by atoms with Crippen LogP contribution >= 0.6 is 0 Å². The number of fused-ring (bicyclic) bond motifs is 3. The van der Waals surface area contributed by atoms with E-state index in [9.17, 15) is 14.0 Å². The average Bonchev–Trinajstić information content (AvgIpc) is 3.09. The summed E-state index contributed by atoms with van der Waals surface area (Å²) >= 11 is 0. The molecule has 8 heteroatoms. The van der Waals surface area contributed by atoms with E-state index in [0.29, 0.717) is 16.9 Å². The number of imidazole rings is 2. The Labute approximate surface area is 141 Å². The van der Waals surface area contributed by atoms with Crippen molar-refractivity contribution in [2.24, 2.45) is 7.05 Å². The van der Waals surface area contributed by atoms with E-state index in [-0.39, 0.29) is 17.9 Å². The Bertz CT molecular complexity index is 1240. The van der Waals surface area contributed by atoms with Crippen molar-refractivity contribution in [3.8, 4) is 5.69 Å². The molecule has 1 aromatic carbocycles. The summed E-state index contributed by atoms with van der Waals surface area (Å²) < 4.78 is 19.3. The first-order chi connectivity index (χ1) is 11.9. The summed E-state index contributed by atoms with van der Waals surface area (Å²) in [6, 6.07) is 6.03. The van der Waals surface area contributed by atoms with E-state index in [1.165, 1.54) is 21.3 Å². The van der Waals surface area contributed by atoms with Gasteiger partial charge in [-0.2, -0.15) is 4.98 Å². The zero-order valence-electron chi connectivity index (χ0n) is 14.0. The van der Waals surface area contributed by atoms with Crippen LogP contribution in [0.2, 0.25) is 0 Å². The van der Waals surface area contributed by atoms with Gasteiger partial charge in [-0.3, -0.25) is 22.9 Å². The maximum Gasteiger partial charge on any atom is 0.332 e. The lowest BCUT2D eigenvalue weighted by Gasteiger charge is -2.05. The normalized spacial score (nSPS) is 11.7. The third-order valence-corrected chi connectivity index (χ3v) is 4.43. The number of aromatic nitrogens is 5. The molecule has 4 rings (SSSR count). The zero-order valence-corrected chi connectivity index (χ0v) is 14.0. The summed E-state index contributed by atoms with van der Waals surface area (Å²) in [5.41, 5.74) is 1.47. The smallest absolute Gasteiger partial charge is 0.283 e. The van der Waals surface area contributed by atoms with Gasteiger partial charge in [-0.25, -0.2) is 9.18 Å². The highest BCUT2D eigenvalue weighted by molar-refractivity contribution is 5.76. The second-order valence-corrected chi connectivity index (χ2v) is 5.93. The number of hydrogen-bond acceptors (Lipinski definition) is 3. The minimum atomic E-state index is -0.397. The van der Waals surface area contributed by atoms with E-state index in [2.05, 4.69) is 4.98 Å². The summed E-state index contributed by atoms with van der Waals surface area (Å²) in [6.07, 6.45) is 1.79. The molecule has 0 atom stereocenters. The van der Waals surface area contributed by atoms with Gasteiger partial charge in [0.05, 0.1) is 0 Å². The lowest BCUT2D eigenvalue weighted by atomic mass is 10.3. The first kappa shape index (κ1) is 15.4. The van der Waals surface area contributed by atoms with Crippen LogP contribution in [0.3, 0.4) is 0 Å². The molecule has 7 nitrogen and oxygen atoms in total. The van der Waals surface area contributed by atoms with Crippen LogP contribution in [0.25, 0.3) is 22.6 Å². The van der Waals surface area contributed by atoms with Crippen LogP contribution in [0.4, 0.5) is 4.39 Å². The topological polar surface area (TPSA) is 66.2 Å². The number of halogens is 1. The Morgan fingerprint density at radius 3 is 2.48 bits per heavy atom. The van der Waals surface area contributed by atoms with Gasteiger partial charge < -0.3 is 0 Å². The number of hydrogen-bond donors (Lipinski definition) is 0. The van der Waals surface area contributed by atoms with E-state index < -0.39 is 5.69 Å². The molecule has 128 valence electrons. The van der Waals surface area contributed by atoms with Crippen LogP contribution in [0.1, 0.15) is 12.6 Å². The van der Waals surface area contributed by atoms with Crippen LogP contribution < -0.4 is 11.2 Å². The summed E-state index contributed by atoms with van der Waals surface area (Å²) in [5.74, 6) is 0.173. The number of aryl methyl sites for hydroxylation is 2. The molecule has 0 unspecified atom stereocenters. The molecule has 0 aliphatic heterocycles. The van der Waals surface area contributed by atoms with Gasteiger partial charge in [0.25, 0.3) is 5.56 Å². The molecule has 0 saturated carbocycles. The van der Waals surface area contributed by atoms with Crippen molar-refractivity contribution in [2.45, 2.75) is 20.4 Å². The summed E-state index contributed by atoms with van der Waals surface area (Å²) in [6.45, 7) is 3.92. The Kier molecular flexibility index (Phi) is 3.18. The predicted molar refractivity (Wildman–Crippen MR) is 91.9 cm³/mol. The van der Waals surface area contributed by atoms with Crippen LogP contribution in [-0.2, 0) is 13.6 Å². The highest BCUT2D eigenvalue weighted by Crippen LogP contribution is 2.21. The van der Waals surface area contributed by atoms with E-state index in [0.717, 1.165) is 11.4 Å². The van der Waals surface area contributed by atoms with Crippen molar-refractivity contribution in [1.29, 1.82) is 0 Å². The summed E-state index contributed by atoms with van der Waals surface area (Å²) in [5, 5.41) is 0. The average molecular weight is 341 g/mol. The molecule has 0 bridgehead atoms. The molecular weight excluding hydrogens is 325 g/mol. The second-order valence-electron chi connectivity index (χ2n) is 5.93.